The summed E-state index contributed by atoms with van der Waals surface area (Å²) < 4.78 is 13.1. The normalized spacial score (nSPS) is 10.7. The Morgan fingerprint density at radius 2 is 1.72 bits per heavy atom. The van der Waals surface area contributed by atoms with Crippen LogP contribution in [0.4, 0.5) is 0 Å². The molecule has 25 heavy (non-hydrogen) atoms. The van der Waals surface area contributed by atoms with E-state index in [0.717, 1.165) is 33.8 Å². The summed E-state index contributed by atoms with van der Waals surface area (Å²) in [7, 11) is 3.63. The maximum Gasteiger partial charge on any atom is 0.191 e. The van der Waals surface area contributed by atoms with Crippen LogP contribution in [-0.2, 0) is 7.05 Å². The van der Waals surface area contributed by atoms with Crippen molar-refractivity contribution in [2.24, 2.45) is 7.05 Å². The number of methoxy groups -OCH3 is 1. The summed E-state index contributed by atoms with van der Waals surface area (Å²) in [4.78, 5) is 0. The van der Waals surface area contributed by atoms with Crippen LogP contribution in [0.3, 0.4) is 0 Å². The lowest BCUT2D eigenvalue weighted by molar-refractivity contribution is 0.313. The number of aryl methyl sites for hydroxylation is 1. The van der Waals surface area contributed by atoms with Crippen LogP contribution < -0.4 is 9.47 Å². The van der Waals surface area contributed by atoms with Gasteiger partial charge < -0.3 is 14.0 Å². The number of hydrogen-bond acceptors (Lipinski definition) is 5. The molecule has 3 rings (SSSR count). The van der Waals surface area contributed by atoms with Gasteiger partial charge in [-0.2, -0.15) is 0 Å². The van der Waals surface area contributed by atoms with E-state index in [1.807, 2.05) is 35.9 Å². The van der Waals surface area contributed by atoms with Gasteiger partial charge >= 0.3 is 0 Å². The van der Waals surface area contributed by atoms with Gasteiger partial charge in [-0.15, -0.1) is 10.2 Å². The molecule has 0 amide bonds. The highest BCUT2D eigenvalue weighted by Gasteiger charge is 2.11. The van der Waals surface area contributed by atoms with Crippen LogP contribution in [-0.4, -0.2) is 34.2 Å². The number of nitrogens with zero attached hydrogens (tertiary/aromatic N) is 3. The van der Waals surface area contributed by atoms with Crippen molar-refractivity contribution in [2.45, 2.75) is 12.1 Å². The first-order valence-corrected chi connectivity index (χ1v) is 9.02. The molecule has 3 aromatic rings. The molecule has 0 saturated carbocycles. The maximum atomic E-state index is 5.79. The van der Waals surface area contributed by atoms with Gasteiger partial charge in [0.2, 0.25) is 0 Å². The van der Waals surface area contributed by atoms with E-state index >= 15 is 0 Å². The SMILES string of the molecule is COc1ccccc1OCCSc1nnc(-c2ccc(C)cc2)n1C. The Morgan fingerprint density at radius 3 is 2.44 bits per heavy atom. The molecule has 0 fully saturated rings. The van der Waals surface area contributed by atoms with Crippen molar-refractivity contribution in [3.8, 4) is 22.9 Å². The van der Waals surface area contributed by atoms with Crippen LogP contribution >= 0.6 is 11.8 Å². The lowest BCUT2D eigenvalue weighted by Crippen LogP contribution is -2.03. The molecule has 0 aliphatic carbocycles. The Balaban J connectivity index is 1.58. The first kappa shape index (κ1) is 17.4. The molecule has 1 aromatic heterocycles. The average molecular weight is 355 g/mol. The van der Waals surface area contributed by atoms with Gasteiger partial charge in [-0.3, -0.25) is 0 Å². The summed E-state index contributed by atoms with van der Waals surface area (Å²) in [5, 5.41) is 9.47. The highest BCUT2D eigenvalue weighted by atomic mass is 32.2. The number of benzene rings is 2. The molecule has 0 radical (unpaired) electrons. The second-order valence-corrected chi connectivity index (χ2v) is 6.64. The third-order valence-corrected chi connectivity index (χ3v) is 4.77. The molecule has 0 aliphatic heterocycles. The zero-order chi connectivity index (χ0) is 17.6. The van der Waals surface area contributed by atoms with Gasteiger partial charge in [-0.05, 0) is 19.1 Å². The molecule has 5 nitrogen and oxygen atoms in total. The highest BCUT2D eigenvalue weighted by Crippen LogP contribution is 2.27. The summed E-state index contributed by atoms with van der Waals surface area (Å²) in [6.45, 7) is 2.64. The molecule has 0 aliphatic rings. The minimum absolute atomic E-state index is 0.567. The Labute approximate surface area is 152 Å². The smallest absolute Gasteiger partial charge is 0.191 e. The fraction of sp³-hybridized carbons (Fsp3) is 0.263. The number of ether oxygens (including phenoxy) is 2. The van der Waals surface area contributed by atoms with E-state index in [1.54, 1.807) is 18.9 Å². The van der Waals surface area contributed by atoms with E-state index in [2.05, 4.69) is 41.4 Å². The molecule has 0 spiro atoms. The van der Waals surface area contributed by atoms with E-state index in [9.17, 15) is 0 Å². The summed E-state index contributed by atoms with van der Waals surface area (Å²) >= 11 is 1.62. The summed E-state index contributed by atoms with van der Waals surface area (Å²) in [5.74, 6) is 3.14. The van der Waals surface area contributed by atoms with Crippen molar-refractivity contribution >= 4 is 11.8 Å². The van der Waals surface area contributed by atoms with Gasteiger partial charge in [0, 0.05) is 18.4 Å². The first-order chi connectivity index (χ1) is 12.2. The van der Waals surface area contributed by atoms with Gasteiger partial charge in [-0.25, -0.2) is 0 Å². The molecule has 0 saturated heterocycles. The summed E-state index contributed by atoms with van der Waals surface area (Å²) in [5.41, 5.74) is 2.30. The van der Waals surface area contributed by atoms with Gasteiger partial charge in [0.25, 0.3) is 0 Å². The fourth-order valence-electron chi connectivity index (χ4n) is 2.42. The van der Waals surface area contributed by atoms with Crippen molar-refractivity contribution in [1.29, 1.82) is 0 Å². The van der Waals surface area contributed by atoms with Crippen molar-refractivity contribution in [3.05, 3.63) is 54.1 Å². The number of para-hydroxylation sites is 2. The van der Waals surface area contributed by atoms with Crippen LogP contribution in [0.25, 0.3) is 11.4 Å². The lowest BCUT2D eigenvalue weighted by Gasteiger charge is -2.10. The van der Waals surface area contributed by atoms with Crippen LogP contribution in [0.1, 0.15) is 5.56 Å². The Bertz CT molecular complexity index is 831. The Hall–Kier alpha value is -2.47. The second-order valence-electron chi connectivity index (χ2n) is 5.58. The molecule has 0 atom stereocenters. The van der Waals surface area contributed by atoms with E-state index in [0.29, 0.717) is 6.61 Å². The summed E-state index contributed by atoms with van der Waals surface area (Å²) in [6, 6.07) is 15.9. The second kappa shape index (κ2) is 8.07. The van der Waals surface area contributed by atoms with Crippen molar-refractivity contribution in [1.82, 2.24) is 14.8 Å². The summed E-state index contributed by atoms with van der Waals surface area (Å²) in [6.07, 6.45) is 0. The van der Waals surface area contributed by atoms with Crippen LogP contribution in [0.2, 0.25) is 0 Å². The minimum Gasteiger partial charge on any atom is -0.493 e. The molecule has 0 N–H and O–H groups in total. The zero-order valence-electron chi connectivity index (χ0n) is 14.6. The predicted molar refractivity (Wildman–Crippen MR) is 100 cm³/mol. The number of hydrogen-bond donors (Lipinski definition) is 0. The topological polar surface area (TPSA) is 49.2 Å². The Kier molecular flexibility index (Phi) is 5.60. The number of rotatable bonds is 7. The average Bonchev–Trinajstić information content (AvgIpc) is 3.00. The van der Waals surface area contributed by atoms with Gasteiger partial charge in [-0.1, -0.05) is 53.7 Å². The van der Waals surface area contributed by atoms with Gasteiger partial charge in [0.1, 0.15) is 0 Å². The maximum absolute atomic E-state index is 5.79. The van der Waals surface area contributed by atoms with E-state index in [4.69, 9.17) is 9.47 Å². The monoisotopic (exact) mass is 355 g/mol. The molecular weight excluding hydrogens is 334 g/mol. The van der Waals surface area contributed by atoms with E-state index < -0.39 is 0 Å². The third kappa shape index (κ3) is 4.14. The third-order valence-electron chi connectivity index (χ3n) is 3.79. The van der Waals surface area contributed by atoms with Gasteiger partial charge in [0.05, 0.1) is 13.7 Å². The quantitative estimate of drug-likeness (QED) is 0.474. The predicted octanol–water partition coefficient (Wildman–Crippen LogP) is 3.97. The zero-order valence-corrected chi connectivity index (χ0v) is 15.4. The molecule has 2 aromatic carbocycles. The van der Waals surface area contributed by atoms with Crippen LogP contribution in [0.15, 0.2) is 53.7 Å². The number of thioether (sulfide) groups is 1. The van der Waals surface area contributed by atoms with E-state index in [1.165, 1.54) is 5.56 Å². The van der Waals surface area contributed by atoms with Crippen LogP contribution in [0.5, 0.6) is 11.5 Å². The van der Waals surface area contributed by atoms with Crippen LogP contribution in [0, 0.1) is 6.92 Å². The van der Waals surface area contributed by atoms with Crippen molar-refractivity contribution in [2.75, 3.05) is 19.5 Å². The first-order valence-electron chi connectivity index (χ1n) is 8.04. The highest BCUT2D eigenvalue weighted by molar-refractivity contribution is 7.99. The van der Waals surface area contributed by atoms with Crippen molar-refractivity contribution in [3.63, 3.8) is 0 Å². The van der Waals surface area contributed by atoms with E-state index in [-0.39, 0.29) is 0 Å². The van der Waals surface area contributed by atoms with Crippen molar-refractivity contribution < 1.29 is 9.47 Å². The minimum atomic E-state index is 0.567. The molecular formula is C19H21N3O2S. The lowest BCUT2D eigenvalue weighted by atomic mass is 10.1. The number of aromatic nitrogens is 3. The molecule has 130 valence electrons. The molecule has 0 unspecified atom stereocenters. The standard InChI is InChI=1S/C19H21N3O2S/c1-14-8-10-15(11-9-14)18-20-21-19(22(18)2)25-13-12-24-17-7-5-4-6-16(17)23-3/h4-11H,12-13H2,1-3H3. The fourth-order valence-corrected chi connectivity index (χ4v) is 3.15. The molecule has 0 bridgehead atoms. The molecule has 6 heteroatoms. The largest absolute Gasteiger partial charge is 0.493 e. The van der Waals surface area contributed by atoms with Gasteiger partial charge in [0.15, 0.2) is 22.5 Å². The Morgan fingerprint density at radius 1 is 1.00 bits per heavy atom. The molecule has 1 heterocycles.